The molecule has 0 saturated heterocycles. The van der Waals surface area contributed by atoms with Crippen molar-refractivity contribution in [3.8, 4) is 0 Å². The lowest BCUT2D eigenvalue weighted by atomic mass is 10.3. The number of halogens is 4. The van der Waals surface area contributed by atoms with Crippen LogP contribution in [0.2, 0.25) is 20.4 Å². The first-order chi connectivity index (χ1) is 8.99. The SMILES string of the molecule is Cn1nc(Cl)c(C=NNc2ccc(Cl)cc2Cl)c1Cl. The van der Waals surface area contributed by atoms with Gasteiger partial charge in [0.1, 0.15) is 5.15 Å². The number of anilines is 1. The van der Waals surface area contributed by atoms with Gasteiger partial charge in [0, 0.05) is 12.1 Å². The highest BCUT2D eigenvalue weighted by atomic mass is 35.5. The summed E-state index contributed by atoms with van der Waals surface area (Å²) in [6.07, 6.45) is 1.47. The van der Waals surface area contributed by atoms with E-state index in [2.05, 4.69) is 15.6 Å². The molecule has 0 saturated carbocycles. The molecule has 1 aromatic carbocycles. The Morgan fingerprint density at radius 3 is 2.58 bits per heavy atom. The monoisotopic (exact) mass is 336 g/mol. The standard InChI is InChI=1S/C11H8Cl4N4/c1-19-11(15)7(10(14)18-19)5-16-17-9-3-2-6(12)4-8(9)13/h2-5,17H,1H3. The van der Waals surface area contributed by atoms with Crippen LogP contribution in [0, 0.1) is 0 Å². The van der Waals surface area contributed by atoms with Gasteiger partial charge in [-0.25, -0.2) is 0 Å². The van der Waals surface area contributed by atoms with E-state index >= 15 is 0 Å². The molecule has 0 amide bonds. The van der Waals surface area contributed by atoms with E-state index in [4.69, 9.17) is 46.4 Å². The number of nitrogens with zero attached hydrogens (tertiary/aromatic N) is 3. The fourth-order valence-corrected chi connectivity index (χ4v) is 2.27. The molecular formula is C11H8Cl4N4. The molecule has 0 unspecified atom stereocenters. The third-order valence-electron chi connectivity index (χ3n) is 2.28. The summed E-state index contributed by atoms with van der Waals surface area (Å²) in [5, 5.41) is 9.66. The first-order valence-corrected chi connectivity index (χ1v) is 6.62. The highest BCUT2D eigenvalue weighted by molar-refractivity contribution is 6.38. The van der Waals surface area contributed by atoms with Crippen LogP contribution in [0.1, 0.15) is 5.56 Å². The fraction of sp³-hybridized carbons (Fsp3) is 0.0909. The molecule has 0 fully saturated rings. The minimum atomic E-state index is 0.278. The van der Waals surface area contributed by atoms with Crippen molar-refractivity contribution in [2.45, 2.75) is 0 Å². The summed E-state index contributed by atoms with van der Waals surface area (Å²) in [6.45, 7) is 0. The normalized spacial score (nSPS) is 11.2. The van der Waals surface area contributed by atoms with Crippen LogP contribution in [0.25, 0.3) is 0 Å². The molecular weight excluding hydrogens is 330 g/mol. The van der Waals surface area contributed by atoms with Gasteiger partial charge in [-0.15, -0.1) is 0 Å². The molecule has 0 aliphatic heterocycles. The average molecular weight is 338 g/mol. The molecule has 0 aliphatic rings. The van der Waals surface area contributed by atoms with Gasteiger partial charge in [-0.1, -0.05) is 46.4 Å². The van der Waals surface area contributed by atoms with E-state index in [1.807, 2.05) is 0 Å². The number of rotatable bonds is 3. The maximum Gasteiger partial charge on any atom is 0.161 e. The lowest BCUT2D eigenvalue weighted by Crippen LogP contribution is -1.92. The topological polar surface area (TPSA) is 42.2 Å². The Bertz CT molecular complexity index is 636. The molecule has 19 heavy (non-hydrogen) atoms. The van der Waals surface area contributed by atoms with Crippen LogP contribution < -0.4 is 5.43 Å². The van der Waals surface area contributed by atoms with E-state index in [1.165, 1.54) is 10.9 Å². The van der Waals surface area contributed by atoms with Crippen LogP contribution >= 0.6 is 46.4 Å². The lowest BCUT2D eigenvalue weighted by molar-refractivity contribution is 0.769. The van der Waals surface area contributed by atoms with Crippen molar-refractivity contribution in [2.75, 3.05) is 5.43 Å². The van der Waals surface area contributed by atoms with Crippen molar-refractivity contribution < 1.29 is 0 Å². The molecule has 8 heteroatoms. The van der Waals surface area contributed by atoms with Gasteiger partial charge < -0.3 is 0 Å². The highest BCUT2D eigenvalue weighted by Gasteiger charge is 2.10. The quantitative estimate of drug-likeness (QED) is 0.662. The molecule has 100 valence electrons. The average Bonchev–Trinajstić information content (AvgIpc) is 2.58. The van der Waals surface area contributed by atoms with Crippen molar-refractivity contribution in [3.05, 3.63) is 44.1 Å². The Hall–Kier alpha value is -0.940. The van der Waals surface area contributed by atoms with Crippen LogP contribution in [0.4, 0.5) is 5.69 Å². The van der Waals surface area contributed by atoms with E-state index in [0.717, 1.165) is 0 Å². The van der Waals surface area contributed by atoms with Crippen molar-refractivity contribution in [2.24, 2.45) is 12.1 Å². The van der Waals surface area contributed by atoms with Gasteiger partial charge >= 0.3 is 0 Å². The molecule has 1 aromatic heterocycles. The van der Waals surface area contributed by atoms with Crippen molar-refractivity contribution in [1.29, 1.82) is 0 Å². The van der Waals surface area contributed by atoms with Gasteiger partial charge in [0.05, 0.1) is 22.5 Å². The molecule has 0 aliphatic carbocycles. The number of hydrogen-bond donors (Lipinski definition) is 1. The number of aromatic nitrogens is 2. The molecule has 0 bridgehead atoms. The maximum atomic E-state index is 6.00. The van der Waals surface area contributed by atoms with Crippen molar-refractivity contribution in [1.82, 2.24) is 9.78 Å². The zero-order chi connectivity index (χ0) is 14.0. The first-order valence-electron chi connectivity index (χ1n) is 5.11. The second-order valence-electron chi connectivity index (χ2n) is 3.61. The number of aryl methyl sites for hydroxylation is 1. The minimum Gasteiger partial charge on any atom is -0.277 e. The summed E-state index contributed by atoms with van der Waals surface area (Å²) < 4.78 is 1.46. The second-order valence-corrected chi connectivity index (χ2v) is 5.17. The van der Waals surface area contributed by atoms with Gasteiger partial charge in [0.15, 0.2) is 5.15 Å². The van der Waals surface area contributed by atoms with Crippen LogP contribution in [-0.4, -0.2) is 16.0 Å². The molecule has 1 N–H and O–H groups in total. The number of benzene rings is 1. The molecule has 2 aromatic rings. The van der Waals surface area contributed by atoms with Gasteiger partial charge in [0.25, 0.3) is 0 Å². The molecule has 0 atom stereocenters. The smallest absolute Gasteiger partial charge is 0.161 e. The van der Waals surface area contributed by atoms with Crippen LogP contribution in [-0.2, 0) is 7.05 Å². The first kappa shape index (κ1) is 14.5. The summed E-state index contributed by atoms with van der Waals surface area (Å²) in [4.78, 5) is 0. The fourth-order valence-electron chi connectivity index (χ4n) is 1.34. The maximum absolute atomic E-state index is 6.00. The van der Waals surface area contributed by atoms with E-state index in [1.54, 1.807) is 25.2 Å². The summed E-state index contributed by atoms with van der Waals surface area (Å²) in [6, 6.07) is 5.04. The van der Waals surface area contributed by atoms with Gasteiger partial charge in [0.2, 0.25) is 0 Å². The Labute approximate surface area is 129 Å². The van der Waals surface area contributed by atoms with Gasteiger partial charge in [-0.2, -0.15) is 10.2 Å². The molecule has 0 radical (unpaired) electrons. The molecule has 2 rings (SSSR count). The zero-order valence-electron chi connectivity index (χ0n) is 9.66. The summed E-state index contributed by atoms with van der Waals surface area (Å²) in [7, 11) is 1.69. The van der Waals surface area contributed by atoms with E-state index in [0.29, 0.717) is 26.4 Å². The second kappa shape index (κ2) is 6.01. The van der Waals surface area contributed by atoms with Crippen LogP contribution in [0.15, 0.2) is 23.3 Å². The van der Waals surface area contributed by atoms with E-state index in [-0.39, 0.29) is 5.15 Å². The third-order valence-corrected chi connectivity index (χ3v) is 3.55. The minimum absolute atomic E-state index is 0.278. The highest BCUT2D eigenvalue weighted by Crippen LogP contribution is 2.25. The predicted octanol–water partition coefficient (Wildman–Crippen LogP) is 4.48. The molecule has 4 nitrogen and oxygen atoms in total. The van der Waals surface area contributed by atoms with Crippen LogP contribution in [0.5, 0.6) is 0 Å². The number of hydrazone groups is 1. The Kier molecular flexibility index (Phi) is 4.58. The molecule has 1 heterocycles. The Morgan fingerprint density at radius 1 is 1.26 bits per heavy atom. The number of hydrogen-bond acceptors (Lipinski definition) is 3. The summed E-state index contributed by atoms with van der Waals surface area (Å²) >= 11 is 23.7. The Balaban J connectivity index is 2.16. The largest absolute Gasteiger partial charge is 0.277 e. The third kappa shape index (κ3) is 3.34. The van der Waals surface area contributed by atoms with Gasteiger partial charge in [-0.05, 0) is 18.2 Å². The predicted molar refractivity (Wildman–Crippen MR) is 80.9 cm³/mol. The molecule has 0 spiro atoms. The van der Waals surface area contributed by atoms with Crippen molar-refractivity contribution in [3.63, 3.8) is 0 Å². The zero-order valence-corrected chi connectivity index (χ0v) is 12.7. The van der Waals surface area contributed by atoms with E-state index < -0.39 is 0 Å². The van der Waals surface area contributed by atoms with Gasteiger partial charge in [-0.3, -0.25) is 10.1 Å². The summed E-state index contributed by atoms with van der Waals surface area (Å²) in [5.41, 5.74) is 3.93. The van der Waals surface area contributed by atoms with E-state index in [9.17, 15) is 0 Å². The summed E-state index contributed by atoms with van der Waals surface area (Å²) in [5.74, 6) is 0. The number of nitrogens with one attached hydrogen (secondary N) is 1. The Morgan fingerprint density at radius 2 is 2.00 bits per heavy atom. The van der Waals surface area contributed by atoms with Crippen molar-refractivity contribution >= 4 is 58.3 Å². The van der Waals surface area contributed by atoms with Crippen LogP contribution in [0.3, 0.4) is 0 Å². The lowest BCUT2D eigenvalue weighted by Gasteiger charge is -2.02.